The van der Waals surface area contributed by atoms with Crippen molar-refractivity contribution in [1.29, 1.82) is 0 Å². The van der Waals surface area contributed by atoms with E-state index in [4.69, 9.17) is 17.0 Å². The minimum Gasteiger partial charge on any atom is -0.378 e. The Labute approximate surface area is 153 Å². The van der Waals surface area contributed by atoms with Crippen LogP contribution in [0.4, 0.5) is 0 Å². The Bertz CT molecular complexity index is 866. The lowest BCUT2D eigenvalue weighted by atomic mass is 10.1. The molecule has 0 bridgehead atoms. The molecule has 1 fully saturated rings. The summed E-state index contributed by atoms with van der Waals surface area (Å²) in [5.74, 6) is 0. The van der Waals surface area contributed by atoms with Crippen molar-refractivity contribution in [3.8, 4) is 0 Å². The summed E-state index contributed by atoms with van der Waals surface area (Å²) >= 11 is 5.69. The minimum absolute atomic E-state index is 0.776. The molecule has 0 aliphatic carbocycles. The number of rotatable bonds is 4. The summed E-state index contributed by atoms with van der Waals surface area (Å²) in [4.78, 5) is 3.30. The molecule has 0 amide bonds. The number of morpholine rings is 1. The molecule has 2 aromatic carbocycles. The van der Waals surface area contributed by atoms with Gasteiger partial charge in [-0.3, -0.25) is 0 Å². The third-order valence-electron chi connectivity index (χ3n) is 4.81. The molecule has 25 heavy (non-hydrogen) atoms. The Morgan fingerprint density at radius 3 is 2.56 bits per heavy atom. The largest absolute Gasteiger partial charge is 0.378 e. The second-order valence-electron chi connectivity index (χ2n) is 6.45. The van der Waals surface area contributed by atoms with Gasteiger partial charge in [-0.2, -0.15) is 0 Å². The predicted molar refractivity (Wildman–Crippen MR) is 106 cm³/mol. The number of thiocarbonyl (C=S) groups is 1. The molecule has 3 nitrogen and oxygen atoms in total. The molecule has 0 N–H and O–H groups in total. The molecule has 1 aliphatic rings. The number of ether oxygens (including phenoxy) is 1. The Kier molecular flexibility index (Phi) is 4.81. The molecule has 128 valence electrons. The van der Waals surface area contributed by atoms with E-state index in [0.29, 0.717) is 0 Å². The van der Waals surface area contributed by atoms with Crippen LogP contribution in [0.1, 0.15) is 11.1 Å². The first-order valence-corrected chi connectivity index (χ1v) is 9.18. The van der Waals surface area contributed by atoms with Gasteiger partial charge in [0.1, 0.15) is 0 Å². The topological polar surface area (TPSA) is 17.4 Å². The molecule has 0 unspecified atom stereocenters. The first-order valence-electron chi connectivity index (χ1n) is 8.77. The maximum Gasteiger partial charge on any atom is 0.0825 e. The summed E-state index contributed by atoms with van der Waals surface area (Å²) in [6, 6.07) is 19.3. The smallest absolute Gasteiger partial charge is 0.0825 e. The van der Waals surface area contributed by atoms with Gasteiger partial charge in [-0.05, 0) is 23.3 Å². The SMILES string of the molecule is S=C(Cc1cccc2c1ccn2Cc1ccccc1)N1CCOCC1. The molecule has 1 saturated heterocycles. The maximum absolute atomic E-state index is 5.69. The molecule has 3 aromatic rings. The van der Waals surface area contributed by atoms with E-state index in [1.54, 1.807) is 0 Å². The fourth-order valence-corrected chi connectivity index (χ4v) is 3.78. The van der Waals surface area contributed by atoms with E-state index in [0.717, 1.165) is 44.3 Å². The lowest BCUT2D eigenvalue weighted by Crippen LogP contribution is -2.40. The maximum atomic E-state index is 5.69. The van der Waals surface area contributed by atoms with Gasteiger partial charge in [-0.25, -0.2) is 0 Å². The molecule has 0 radical (unpaired) electrons. The third kappa shape index (κ3) is 3.60. The molecule has 0 spiro atoms. The normalized spacial score (nSPS) is 14.8. The first-order chi connectivity index (χ1) is 12.3. The number of aromatic nitrogens is 1. The average Bonchev–Trinajstić information content (AvgIpc) is 3.07. The molecule has 2 heterocycles. The highest BCUT2D eigenvalue weighted by atomic mass is 32.1. The highest BCUT2D eigenvalue weighted by Gasteiger charge is 2.15. The fraction of sp³-hybridized carbons (Fsp3) is 0.286. The van der Waals surface area contributed by atoms with Gasteiger partial charge in [0.2, 0.25) is 0 Å². The van der Waals surface area contributed by atoms with Crippen molar-refractivity contribution in [2.45, 2.75) is 13.0 Å². The van der Waals surface area contributed by atoms with Crippen LogP contribution >= 0.6 is 12.2 Å². The lowest BCUT2D eigenvalue weighted by molar-refractivity contribution is 0.0685. The molecule has 0 atom stereocenters. The predicted octanol–water partition coefficient (Wildman–Crippen LogP) is 3.89. The summed E-state index contributed by atoms with van der Waals surface area (Å²) in [7, 11) is 0. The first kappa shape index (κ1) is 16.3. The van der Waals surface area contributed by atoms with Gasteiger partial charge in [-0.15, -0.1) is 0 Å². The standard InChI is InChI=1S/C21H22N2OS/c25-21(22-11-13-24-14-12-22)15-18-7-4-8-20-19(18)9-10-23(20)16-17-5-2-1-3-6-17/h1-10H,11-16H2. The van der Waals surface area contributed by atoms with Crippen molar-refractivity contribution in [2.75, 3.05) is 26.3 Å². The molecule has 0 saturated carbocycles. The molecule has 1 aromatic heterocycles. The lowest BCUT2D eigenvalue weighted by Gasteiger charge is -2.29. The number of benzene rings is 2. The van der Waals surface area contributed by atoms with Gasteiger partial charge in [0.25, 0.3) is 0 Å². The van der Waals surface area contributed by atoms with Crippen LogP contribution in [0.2, 0.25) is 0 Å². The average molecular weight is 350 g/mol. The van der Waals surface area contributed by atoms with E-state index in [1.807, 2.05) is 0 Å². The van der Waals surface area contributed by atoms with Gasteiger partial charge >= 0.3 is 0 Å². The van der Waals surface area contributed by atoms with E-state index in [2.05, 4.69) is 70.3 Å². The van der Waals surface area contributed by atoms with Crippen LogP contribution in [0, 0.1) is 0 Å². The molecule has 4 heteroatoms. The third-order valence-corrected chi connectivity index (χ3v) is 5.21. The van der Waals surface area contributed by atoms with Crippen LogP contribution < -0.4 is 0 Å². The Hall–Kier alpha value is -2.17. The molecule has 1 aliphatic heterocycles. The zero-order chi connectivity index (χ0) is 17.1. The van der Waals surface area contributed by atoms with E-state index in [9.17, 15) is 0 Å². The van der Waals surface area contributed by atoms with Crippen molar-refractivity contribution in [3.63, 3.8) is 0 Å². The quantitative estimate of drug-likeness (QED) is 0.665. The molecular weight excluding hydrogens is 328 g/mol. The van der Waals surface area contributed by atoms with Gasteiger partial charge in [0.05, 0.1) is 18.2 Å². The van der Waals surface area contributed by atoms with Gasteiger partial charge in [0, 0.05) is 43.2 Å². The zero-order valence-electron chi connectivity index (χ0n) is 14.2. The second kappa shape index (κ2) is 7.38. The van der Waals surface area contributed by atoms with Crippen molar-refractivity contribution in [3.05, 3.63) is 71.9 Å². The summed E-state index contributed by atoms with van der Waals surface area (Å²) in [6.07, 6.45) is 3.00. The van der Waals surface area contributed by atoms with Crippen molar-refractivity contribution < 1.29 is 4.74 Å². The monoisotopic (exact) mass is 350 g/mol. The second-order valence-corrected chi connectivity index (χ2v) is 6.92. The van der Waals surface area contributed by atoms with Crippen molar-refractivity contribution in [2.24, 2.45) is 0 Å². The zero-order valence-corrected chi connectivity index (χ0v) is 15.0. The van der Waals surface area contributed by atoms with E-state index >= 15 is 0 Å². The highest BCUT2D eigenvalue weighted by Crippen LogP contribution is 2.23. The Balaban J connectivity index is 1.57. The highest BCUT2D eigenvalue weighted by molar-refractivity contribution is 7.80. The number of hydrogen-bond acceptors (Lipinski definition) is 2. The van der Waals surface area contributed by atoms with Crippen LogP contribution in [-0.2, 0) is 17.7 Å². The van der Waals surface area contributed by atoms with Gasteiger partial charge in [-0.1, -0.05) is 54.7 Å². The van der Waals surface area contributed by atoms with E-state index in [-0.39, 0.29) is 0 Å². The van der Waals surface area contributed by atoms with Crippen molar-refractivity contribution >= 4 is 28.1 Å². The summed E-state index contributed by atoms with van der Waals surface area (Å²) in [6.45, 7) is 4.25. The van der Waals surface area contributed by atoms with Crippen LogP contribution in [-0.4, -0.2) is 40.8 Å². The summed E-state index contributed by atoms with van der Waals surface area (Å²) in [5.41, 5.74) is 3.89. The van der Waals surface area contributed by atoms with E-state index in [1.165, 1.54) is 22.0 Å². The van der Waals surface area contributed by atoms with Crippen molar-refractivity contribution in [1.82, 2.24) is 9.47 Å². The van der Waals surface area contributed by atoms with Gasteiger partial charge < -0.3 is 14.2 Å². The number of fused-ring (bicyclic) bond motifs is 1. The minimum atomic E-state index is 0.776. The van der Waals surface area contributed by atoms with Crippen LogP contribution in [0.15, 0.2) is 60.8 Å². The fourth-order valence-electron chi connectivity index (χ4n) is 3.45. The van der Waals surface area contributed by atoms with Crippen LogP contribution in [0.3, 0.4) is 0 Å². The van der Waals surface area contributed by atoms with Gasteiger partial charge in [0.15, 0.2) is 0 Å². The van der Waals surface area contributed by atoms with Crippen LogP contribution in [0.5, 0.6) is 0 Å². The number of hydrogen-bond donors (Lipinski definition) is 0. The van der Waals surface area contributed by atoms with Crippen LogP contribution in [0.25, 0.3) is 10.9 Å². The van der Waals surface area contributed by atoms with E-state index < -0.39 is 0 Å². The Morgan fingerprint density at radius 1 is 0.960 bits per heavy atom. The number of nitrogens with zero attached hydrogens (tertiary/aromatic N) is 2. The molecule has 4 rings (SSSR count). The molecular formula is C21H22N2OS. The Morgan fingerprint density at radius 2 is 1.76 bits per heavy atom. The summed E-state index contributed by atoms with van der Waals surface area (Å²) < 4.78 is 7.74. The summed E-state index contributed by atoms with van der Waals surface area (Å²) in [5, 5.41) is 1.30.